The van der Waals surface area contributed by atoms with E-state index in [1.807, 2.05) is 43.5 Å². The third-order valence-corrected chi connectivity index (χ3v) is 7.77. The number of aromatic amines is 1. The summed E-state index contributed by atoms with van der Waals surface area (Å²) in [4.78, 5) is 16.5. The van der Waals surface area contributed by atoms with E-state index >= 15 is 0 Å². The lowest BCUT2D eigenvalue weighted by Gasteiger charge is -2.22. The van der Waals surface area contributed by atoms with E-state index in [0.717, 1.165) is 39.0 Å². The largest absolute Gasteiger partial charge is 0.322 e. The molecule has 0 saturated carbocycles. The van der Waals surface area contributed by atoms with Crippen LogP contribution in [0.25, 0.3) is 10.9 Å². The van der Waals surface area contributed by atoms with Crippen molar-refractivity contribution in [3.63, 3.8) is 0 Å². The van der Waals surface area contributed by atoms with Crippen LogP contribution in [0.1, 0.15) is 21.6 Å². The summed E-state index contributed by atoms with van der Waals surface area (Å²) in [5.41, 5.74) is 2.77. The SMILES string of the molecule is Cc1cc(C)c2cc(CN(Cc3cccs3)S(=O)(=O)c3ccc(F)cc3)c(=O)[nH]c2c1. The van der Waals surface area contributed by atoms with Gasteiger partial charge >= 0.3 is 0 Å². The molecule has 2 aromatic heterocycles. The van der Waals surface area contributed by atoms with E-state index < -0.39 is 15.8 Å². The van der Waals surface area contributed by atoms with Gasteiger partial charge in [-0.3, -0.25) is 4.79 Å². The zero-order valence-electron chi connectivity index (χ0n) is 17.1. The number of sulfonamides is 1. The number of aromatic nitrogens is 1. The molecule has 0 aliphatic heterocycles. The Bertz CT molecular complexity index is 1390. The minimum absolute atomic E-state index is 0.0190. The third kappa shape index (κ3) is 4.46. The Labute approximate surface area is 183 Å². The monoisotopic (exact) mass is 456 g/mol. The second-order valence-electron chi connectivity index (χ2n) is 7.47. The number of pyridine rings is 1. The van der Waals surface area contributed by atoms with Crippen molar-refractivity contribution in [1.29, 1.82) is 0 Å². The highest BCUT2D eigenvalue weighted by molar-refractivity contribution is 7.89. The van der Waals surface area contributed by atoms with Gasteiger partial charge in [-0.15, -0.1) is 11.3 Å². The van der Waals surface area contributed by atoms with Crippen molar-refractivity contribution in [3.05, 3.63) is 97.7 Å². The third-order valence-electron chi connectivity index (χ3n) is 5.10. The summed E-state index contributed by atoms with van der Waals surface area (Å²) < 4.78 is 41.3. The van der Waals surface area contributed by atoms with Crippen molar-refractivity contribution < 1.29 is 12.8 Å². The van der Waals surface area contributed by atoms with E-state index in [0.29, 0.717) is 5.56 Å². The van der Waals surface area contributed by atoms with E-state index in [1.54, 1.807) is 6.07 Å². The van der Waals surface area contributed by atoms with Gasteiger partial charge in [-0.2, -0.15) is 4.31 Å². The van der Waals surface area contributed by atoms with Crippen LogP contribution in [0.4, 0.5) is 4.39 Å². The van der Waals surface area contributed by atoms with E-state index in [9.17, 15) is 17.6 Å². The van der Waals surface area contributed by atoms with Crippen LogP contribution in [0.3, 0.4) is 0 Å². The molecule has 0 atom stereocenters. The van der Waals surface area contributed by atoms with Crippen molar-refractivity contribution in [3.8, 4) is 0 Å². The Kier molecular flexibility index (Phi) is 5.79. The Hall–Kier alpha value is -2.81. The van der Waals surface area contributed by atoms with Gasteiger partial charge in [0, 0.05) is 34.4 Å². The molecule has 0 aliphatic rings. The molecular weight excluding hydrogens is 435 g/mol. The molecule has 1 N–H and O–H groups in total. The van der Waals surface area contributed by atoms with Gasteiger partial charge in [0.15, 0.2) is 0 Å². The molecule has 0 fully saturated rings. The number of benzene rings is 2. The van der Waals surface area contributed by atoms with Gasteiger partial charge in [0.25, 0.3) is 5.56 Å². The summed E-state index contributed by atoms with van der Waals surface area (Å²) >= 11 is 1.43. The number of H-pyrrole nitrogens is 1. The minimum atomic E-state index is -3.96. The normalized spacial score (nSPS) is 12.0. The molecule has 2 aromatic carbocycles. The number of nitrogens with one attached hydrogen (secondary N) is 1. The molecule has 8 heteroatoms. The zero-order chi connectivity index (χ0) is 22.2. The Balaban J connectivity index is 1.79. The molecular formula is C23H21FN2O3S2. The first kappa shape index (κ1) is 21.4. The van der Waals surface area contributed by atoms with Crippen LogP contribution < -0.4 is 5.56 Å². The second-order valence-corrected chi connectivity index (χ2v) is 10.4. The fourth-order valence-electron chi connectivity index (χ4n) is 3.58. The predicted octanol–water partition coefficient (Wildman–Crippen LogP) is 4.74. The number of nitrogens with zero attached hydrogens (tertiary/aromatic N) is 1. The van der Waals surface area contributed by atoms with Gasteiger partial charge < -0.3 is 4.98 Å². The Morgan fingerprint density at radius 3 is 2.45 bits per heavy atom. The van der Waals surface area contributed by atoms with Gasteiger partial charge in [0.1, 0.15) is 5.82 Å². The first-order valence-corrected chi connectivity index (χ1v) is 12.0. The summed E-state index contributed by atoms with van der Waals surface area (Å²) in [6.07, 6.45) is 0. The minimum Gasteiger partial charge on any atom is -0.322 e. The lowest BCUT2D eigenvalue weighted by molar-refractivity contribution is 0.402. The molecule has 31 heavy (non-hydrogen) atoms. The van der Waals surface area contributed by atoms with Gasteiger partial charge in [0.2, 0.25) is 10.0 Å². The highest BCUT2D eigenvalue weighted by atomic mass is 32.2. The summed E-state index contributed by atoms with van der Waals surface area (Å²) in [5, 5.41) is 2.74. The number of fused-ring (bicyclic) bond motifs is 1. The average molecular weight is 457 g/mol. The highest BCUT2D eigenvalue weighted by Crippen LogP contribution is 2.24. The second kappa shape index (κ2) is 8.37. The molecule has 2 heterocycles. The molecule has 0 aliphatic carbocycles. The number of halogens is 1. The fraction of sp³-hybridized carbons (Fsp3) is 0.174. The number of aryl methyl sites for hydroxylation is 2. The van der Waals surface area contributed by atoms with Gasteiger partial charge in [-0.05, 0) is 72.8 Å². The molecule has 4 rings (SSSR count). The van der Waals surface area contributed by atoms with Crippen LogP contribution in [0, 0.1) is 19.7 Å². The van der Waals surface area contributed by atoms with E-state index in [-0.39, 0.29) is 23.5 Å². The predicted molar refractivity (Wildman–Crippen MR) is 121 cm³/mol. The van der Waals surface area contributed by atoms with Crippen LogP contribution >= 0.6 is 11.3 Å². The van der Waals surface area contributed by atoms with Crippen LogP contribution in [-0.2, 0) is 23.1 Å². The number of hydrogen-bond acceptors (Lipinski definition) is 4. The van der Waals surface area contributed by atoms with E-state index in [1.165, 1.54) is 27.8 Å². The number of rotatable bonds is 6. The van der Waals surface area contributed by atoms with Crippen LogP contribution in [0.5, 0.6) is 0 Å². The molecule has 0 spiro atoms. The van der Waals surface area contributed by atoms with Crippen molar-refractivity contribution >= 4 is 32.3 Å². The number of thiophene rings is 1. The van der Waals surface area contributed by atoms with Crippen LogP contribution in [0.15, 0.2) is 69.7 Å². The molecule has 0 unspecified atom stereocenters. The summed E-state index contributed by atoms with van der Waals surface area (Å²) in [5.74, 6) is -0.513. The Morgan fingerprint density at radius 1 is 1.03 bits per heavy atom. The van der Waals surface area contributed by atoms with Crippen LogP contribution in [-0.4, -0.2) is 17.7 Å². The lowest BCUT2D eigenvalue weighted by Crippen LogP contribution is -2.32. The van der Waals surface area contributed by atoms with Crippen molar-refractivity contribution in [1.82, 2.24) is 9.29 Å². The standard InChI is InChI=1S/C23H21FN2O3S2/c1-15-10-16(2)21-12-17(23(27)25-22(21)11-15)13-26(14-19-4-3-9-30-19)31(28,29)20-7-5-18(24)6-8-20/h3-12H,13-14H2,1-2H3,(H,25,27). The average Bonchev–Trinajstić information content (AvgIpc) is 3.22. The van der Waals surface area contributed by atoms with Crippen LogP contribution in [0.2, 0.25) is 0 Å². The Morgan fingerprint density at radius 2 is 1.77 bits per heavy atom. The molecule has 0 saturated heterocycles. The van der Waals surface area contributed by atoms with Crippen molar-refractivity contribution in [2.75, 3.05) is 0 Å². The summed E-state index contributed by atoms with van der Waals surface area (Å²) in [6.45, 7) is 3.92. The molecule has 160 valence electrons. The highest BCUT2D eigenvalue weighted by Gasteiger charge is 2.26. The van der Waals surface area contributed by atoms with E-state index in [2.05, 4.69) is 4.98 Å². The first-order valence-electron chi connectivity index (χ1n) is 9.65. The maximum absolute atomic E-state index is 13.4. The van der Waals surface area contributed by atoms with Crippen molar-refractivity contribution in [2.24, 2.45) is 0 Å². The zero-order valence-corrected chi connectivity index (χ0v) is 18.7. The number of hydrogen-bond donors (Lipinski definition) is 1. The lowest BCUT2D eigenvalue weighted by atomic mass is 10.0. The summed E-state index contributed by atoms with van der Waals surface area (Å²) in [6, 6.07) is 14.1. The molecule has 0 amide bonds. The fourth-order valence-corrected chi connectivity index (χ4v) is 5.78. The van der Waals surface area contributed by atoms with Gasteiger partial charge in [-0.25, -0.2) is 12.8 Å². The van der Waals surface area contributed by atoms with Gasteiger partial charge in [0.05, 0.1) is 4.90 Å². The first-order chi connectivity index (χ1) is 14.7. The maximum Gasteiger partial charge on any atom is 0.252 e. The topological polar surface area (TPSA) is 70.2 Å². The van der Waals surface area contributed by atoms with Crippen molar-refractivity contribution in [2.45, 2.75) is 31.8 Å². The smallest absolute Gasteiger partial charge is 0.252 e. The van der Waals surface area contributed by atoms with Gasteiger partial charge in [-0.1, -0.05) is 12.1 Å². The molecule has 0 radical (unpaired) electrons. The molecule has 4 aromatic rings. The quantitative estimate of drug-likeness (QED) is 0.456. The maximum atomic E-state index is 13.4. The summed E-state index contributed by atoms with van der Waals surface area (Å²) in [7, 11) is -3.96. The van der Waals surface area contributed by atoms with E-state index in [4.69, 9.17) is 0 Å². The molecule has 0 bridgehead atoms. The molecule has 5 nitrogen and oxygen atoms in total.